The van der Waals surface area contributed by atoms with E-state index in [1.54, 1.807) is 0 Å². The highest BCUT2D eigenvalue weighted by atomic mass is 14.6. The number of allylic oxidation sites excluding steroid dienone is 9. The third kappa shape index (κ3) is 1.50. The summed E-state index contributed by atoms with van der Waals surface area (Å²) in [5, 5.41) is 0. The highest BCUT2D eigenvalue weighted by molar-refractivity contribution is 5.49. The number of hydrogen-bond acceptors (Lipinski definition) is 1. The van der Waals surface area contributed by atoms with Crippen molar-refractivity contribution in [2.45, 2.75) is 13.3 Å². The quantitative estimate of drug-likeness (QED) is 0.595. The molecule has 0 fully saturated rings. The third-order valence-corrected chi connectivity index (χ3v) is 2.48. The monoisotopic (exact) mass is 171 g/mol. The van der Waals surface area contributed by atoms with Crippen LogP contribution in [0.15, 0.2) is 58.9 Å². The summed E-state index contributed by atoms with van der Waals surface area (Å²) in [4.78, 5) is 0. The van der Waals surface area contributed by atoms with Crippen LogP contribution in [0.2, 0.25) is 0 Å². The highest BCUT2D eigenvalue weighted by Crippen LogP contribution is 2.27. The minimum Gasteiger partial charge on any atom is -0.398 e. The number of nitrogens with two attached hydrogens (primary N) is 1. The molecular formula is C12H13N. The molecule has 0 unspecified atom stereocenters. The van der Waals surface area contributed by atoms with Crippen LogP contribution in [0.4, 0.5) is 0 Å². The number of hydrogen-bond donors (Lipinski definition) is 1. The van der Waals surface area contributed by atoms with Crippen LogP contribution in [0, 0.1) is 0 Å². The molecule has 0 heterocycles. The van der Waals surface area contributed by atoms with Crippen molar-refractivity contribution in [2.24, 2.45) is 5.73 Å². The molecule has 0 aromatic carbocycles. The van der Waals surface area contributed by atoms with Crippen LogP contribution in [0.5, 0.6) is 0 Å². The van der Waals surface area contributed by atoms with E-state index in [2.05, 4.69) is 31.2 Å². The van der Waals surface area contributed by atoms with E-state index in [0.29, 0.717) is 0 Å². The number of fused-ring (bicyclic) bond motifs is 2. The summed E-state index contributed by atoms with van der Waals surface area (Å²) in [6.45, 7) is 2.12. The van der Waals surface area contributed by atoms with Gasteiger partial charge in [-0.3, -0.25) is 0 Å². The van der Waals surface area contributed by atoms with E-state index in [4.69, 9.17) is 5.73 Å². The van der Waals surface area contributed by atoms with Crippen LogP contribution in [0.3, 0.4) is 0 Å². The van der Waals surface area contributed by atoms with Crippen LogP contribution in [-0.4, -0.2) is 0 Å². The summed E-state index contributed by atoms with van der Waals surface area (Å²) in [7, 11) is 0. The zero-order valence-corrected chi connectivity index (χ0v) is 7.75. The van der Waals surface area contributed by atoms with Gasteiger partial charge in [-0.25, -0.2) is 0 Å². The normalized spacial score (nSPS) is 20.7. The molecule has 0 atom stereocenters. The average Bonchev–Trinajstić information content (AvgIpc) is 2.43. The molecule has 0 spiro atoms. The fraction of sp³-hybridized carbons (Fsp3) is 0.167. The van der Waals surface area contributed by atoms with Gasteiger partial charge in [0, 0.05) is 5.70 Å². The summed E-state index contributed by atoms with van der Waals surface area (Å²) in [6, 6.07) is 0. The molecule has 0 aromatic rings. The van der Waals surface area contributed by atoms with E-state index < -0.39 is 0 Å². The van der Waals surface area contributed by atoms with Crippen molar-refractivity contribution >= 4 is 0 Å². The highest BCUT2D eigenvalue weighted by Gasteiger charge is 2.10. The molecule has 13 heavy (non-hydrogen) atoms. The van der Waals surface area contributed by atoms with Crippen molar-refractivity contribution in [2.75, 3.05) is 0 Å². The standard InChI is InChI=1S/C12H13N/c1-9-6-7-12(13)11-5-3-2-4-10(9)8-11/h2-7H,8,13H2,1H3. The van der Waals surface area contributed by atoms with Crippen LogP contribution in [0.1, 0.15) is 13.3 Å². The Morgan fingerprint density at radius 1 is 1.00 bits per heavy atom. The van der Waals surface area contributed by atoms with E-state index >= 15 is 0 Å². The first-order chi connectivity index (χ1) is 6.27. The fourth-order valence-corrected chi connectivity index (χ4v) is 1.56. The number of rotatable bonds is 0. The fourth-order valence-electron chi connectivity index (χ4n) is 1.56. The molecule has 2 aliphatic carbocycles. The van der Waals surface area contributed by atoms with Gasteiger partial charge in [0.15, 0.2) is 0 Å². The molecule has 0 amide bonds. The van der Waals surface area contributed by atoms with Crippen LogP contribution >= 0.6 is 0 Å². The minimum absolute atomic E-state index is 0.884. The summed E-state index contributed by atoms with van der Waals surface area (Å²) in [5.74, 6) is 0. The minimum atomic E-state index is 0.884. The second-order valence-electron chi connectivity index (χ2n) is 3.42. The van der Waals surface area contributed by atoms with Gasteiger partial charge in [0.2, 0.25) is 0 Å². The summed E-state index contributed by atoms with van der Waals surface area (Å²) < 4.78 is 0. The Balaban J connectivity index is 2.53. The second kappa shape index (κ2) is 3.09. The molecule has 2 N–H and O–H groups in total. The van der Waals surface area contributed by atoms with Gasteiger partial charge < -0.3 is 5.73 Å². The third-order valence-electron chi connectivity index (χ3n) is 2.48. The first kappa shape index (κ1) is 8.11. The van der Waals surface area contributed by atoms with Gasteiger partial charge in [0.1, 0.15) is 0 Å². The van der Waals surface area contributed by atoms with E-state index in [1.165, 1.54) is 16.7 Å². The largest absolute Gasteiger partial charge is 0.398 e. The zero-order valence-electron chi connectivity index (χ0n) is 7.75. The lowest BCUT2D eigenvalue weighted by Gasteiger charge is -2.06. The molecule has 2 bridgehead atoms. The lowest BCUT2D eigenvalue weighted by molar-refractivity contribution is 1.12. The van der Waals surface area contributed by atoms with Gasteiger partial charge in [-0.15, -0.1) is 0 Å². The second-order valence-corrected chi connectivity index (χ2v) is 3.42. The van der Waals surface area contributed by atoms with E-state index in [1.807, 2.05) is 12.2 Å². The Kier molecular flexibility index (Phi) is 1.93. The molecule has 66 valence electrons. The predicted octanol–water partition coefficient (Wildman–Crippen LogP) is 2.60. The molecule has 0 radical (unpaired) electrons. The van der Waals surface area contributed by atoms with Crippen LogP contribution < -0.4 is 5.73 Å². The lowest BCUT2D eigenvalue weighted by Crippen LogP contribution is -2.00. The van der Waals surface area contributed by atoms with Gasteiger partial charge >= 0.3 is 0 Å². The van der Waals surface area contributed by atoms with E-state index in [-0.39, 0.29) is 0 Å². The maximum Gasteiger partial charge on any atom is 0.0350 e. The Morgan fingerprint density at radius 3 is 2.46 bits per heavy atom. The lowest BCUT2D eigenvalue weighted by atomic mass is 10.0. The van der Waals surface area contributed by atoms with Crippen molar-refractivity contribution in [3.8, 4) is 0 Å². The van der Waals surface area contributed by atoms with Gasteiger partial charge in [0.05, 0.1) is 0 Å². The molecule has 0 saturated heterocycles. The van der Waals surface area contributed by atoms with Crippen LogP contribution in [-0.2, 0) is 0 Å². The molecule has 0 aliphatic heterocycles. The summed E-state index contributed by atoms with van der Waals surface area (Å²) in [6.07, 6.45) is 13.4. The summed E-state index contributed by atoms with van der Waals surface area (Å²) in [5.41, 5.74) is 10.7. The maximum absolute atomic E-state index is 5.90. The SMILES string of the molecule is CC1=CC=C(N)C2=CC=CC=C1C2. The molecule has 0 saturated carbocycles. The average molecular weight is 171 g/mol. The molecule has 2 rings (SSSR count). The Morgan fingerprint density at radius 2 is 1.69 bits per heavy atom. The van der Waals surface area contributed by atoms with Crippen molar-refractivity contribution in [1.29, 1.82) is 0 Å². The van der Waals surface area contributed by atoms with E-state index in [0.717, 1.165) is 12.1 Å². The zero-order chi connectivity index (χ0) is 9.26. The molecule has 1 heteroatoms. The predicted molar refractivity (Wildman–Crippen MR) is 56.0 cm³/mol. The van der Waals surface area contributed by atoms with E-state index in [9.17, 15) is 0 Å². The Bertz CT molecular complexity index is 340. The maximum atomic E-state index is 5.90. The van der Waals surface area contributed by atoms with Crippen LogP contribution in [0.25, 0.3) is 0 Å². The van der Waals surface area contributed by atoms with Gasteiger partial charge in [-0.05, 0) is 36.1 Å². The van der Waals surface area contributed by atoms with Gasteiger partial charge in [-0.1, -0.05) is 30.4 Å². The Hall–Kier alpha value is -1.50. The first-order valence-corrected chi connectivity index (χ1v) is 4.48. The topological polar surface area (TPSA) is 26.0 Å². The van der Waals surface area contributed by atoms with Crippen molar-refractivity contribution in [1.82, 2.24) is 0 Å². The molecule has 0 aromatic heterocycles. The molecular weight excluding hydrogens is 158 g/mol. The van der Waals surface area contributed by atoms with Gasteiger partial charge in [0.25, 0.3) is 0 Å². The van der Waals surface area contributed by atoms with Crippen molar-refractivity contribution in [3.05, 3.63) is 58.9 Å². The van der Waals surface area contributed by atoms with Gasteiger partial charge in [-0.2, -0.15) is 0 Å². The summed E-state index contributed by atoms with van der Waals surface area (Å²) >= 11 is 0. The first-order valence-electron chi connectivity index (χ1n) is 4.48. The molecule has 1 nitrogen and oxygen atoms in total. The smallest absolute Gasteiger partial charge is 0.0350 e. The van der Waals surface area contributed by atoms with Crippen molar-refractivity contribution in [3.63, 3.8) is 0 Å². The van der Waals surface area contributed by atoms with Crippen molar-refractivity contribution < 1.29 is 0 Å². The molecule has 2 aliphatic rings. The Labute approximate surface area is 78.6 Å².